The van der Waals surface area contributed by atoms with Gasteiger partial charge in [-0.2, -0.15) is 0 Å². The van der Waals surface area contributed by atoms with E-state index in [0.717, 1.165) is 5.56 Å². The Morgan fingerprint density at radius 1 is 1.29 bits per heavy atom. The van der Waals surface area contributed by atoms with Gasteiger partial charge in [-0.1, -0.05) is 43.0 Å². The summed E-state index contributed by atoms with van der Waals surface area (Å²) in [6, 6.07) is 9.38. The van der Waals surface area contributed by atoms with Crippen molar-refractivity contribution in [3.05, 3.63) is 54.1 Å². The van der Waals surface area contributed by atoms with Crippen molar-refractivity contribution in [2.75, 3.05) is 13.7 Å². The highest BCUT2D eigenvalue weighted by Crippen LogP contribution is 2.12. The van der Waals surface area contributed by atoms with E-state index in [4.69, 9.17) is 9.47 Å². The standard InChI is InChI=1S/C16H18O5/c1-4-20-16(18)21-14(12(2)15(17)19-3)11-10-13-8-6-5-7-9-13/h5-11,14H,2,4H2,1,3H3/b11-10+. The average molecular weight is 290 g/mol. The zero-order valence-electron chi connectivity index (χ0n) is 12.1. The summed E-state index contributed by atoms with van der Waals surface area (Å²) in [5.41, 5.74) is 0.908. The molecule has 0 radical (unpaired) electrons. The predicted octanol–water partition coefficient (Wildman–Crippen LogP) is 2.97. The summed E-state index contributed by atoms with van der Waals surface area (Å²) >= 11 is 0. The van der Waals surface area contributed by atoms with Crippen molar-refractivity contribution in [2.45, 2.75) is 13.0 Å². The van der Waals surface area contributed by atoms with Gasteiger partial charge in [0.15, 0.2) is 6.10 Å². The lowest BCUT2D eigenvalue weighted by Crippen LogP contribution is -2.23. The Morgan fingerprint density at radius 3 is 2.52 bits per heavy atom. The molecule has 1 rings (SSSR count). The molecule has 0 bridgehead atoms. The molecule has 0 N–H and O–H groups in total. The van der Waals surface area contributed by atoms with E-state index >= 15 is 0 Å². The van der Waals surface area contributed by atoms with Crippen molar-refractivity contribution >= 4 is 18.2 Å². The van der Waals surface area contributed by atoms with E-state index in [1.54, 1.807) is 19.1 Å². The van der Waals surface area contributed by atoms with Crippen LogP contribution in [0.5, 0.6) is 0 Å². The predicted molar refractivity (Wildman–Crippen MR) is 78.5 cm³/mol. The van der Waals surface area contributed by atoms with E-state index in [9.17, 15) is 9.59 Å². The minimum atomic E-state index is -0.947. The highest BCUT2D eigenvalue weighted by Gasteiger charge is 2.21. The fourth-order valence-electron chi connectivity index (χ4n) is 1.49. The second kappa shape index (κ2) is 8.58. The summed E-state index contributed by atoms with van der Waals surface area (Å²) in [4.78, 5) is 22.9. The lowest BCUT2D eigenvalue weighted by Gasteiger charge is -2.15. The monoisotopic (exact) mass is 290 g/mol. The Hall–Kier alpha value is -2.56. The van der Waals surface area contributed by atoms with Gasteiger partial charge in [0.05, 0.1) is 19.3 Å². The van der Waals surface area contributed by atoms with Crippen molar-refractivity contribution in [2.24, 2.45) is 0 Å². The van der Waals surface area contributed by atoms with Gasteiger partial charge in [0.25, 0.3) is 0 Å². The van der Waals surface area contributed by atoms with Crippen LogP contribution in [-0.4, -0.2) is 31.9 Å². The van der Waals surface area contributed by atoms with Gasteiger partial charge < -0.3 is 14.2 Å². The number of methoxy groups -OCH3 is 1. The SMILES string of the molecule is C=C(C(=O)OC)C(/C=C/c1ccccc1)OC(=O)OCC. The van der Waals surface area contributed by atoms with Gasteiger partial charge in [0.2, 0.25) is 0 Å². The molecule has 1 aromatic rings. The van der Waals surface area contributed by atoms with Gasteiger partial charge in [-0.15, -0.1) is 0 Å². The Morgan fingerprint density at radius 2 is 1.95 bits per heavy atom. The Bertz CT molecular complexity index is 519. The Balaban J connectivity index is 2.85. The van der Waals surface area contributed by atoms with E-state index in [1.165, 1.54) is 7.11 Å². The van der Waals surface area contributed by atoms with Crippen LogP contribution in [0, 0.1) is 0 Å². The number of hydrogen-bond acceptors (Lipinski definition) is 5. The van der Waals surface area contributed by atoms with Crippen LogP contribution in [0.1, 0.15) is 12.5 Å². The largest absolute Gasteiger partial charge is 0.509 e. The third kappa shape index (κ3) is 5.52. The summed E-state index contributed by atoms with van der Waals surface area (Å²) in [5.74, 6) is -0.651. The quantitative estimate of drug-likeness (QED) is 0.595. The maximum Gasteiger partial charge on any atom is 0.509 e. The minimum Gasteiger partial charge on any atom is -0.466 e. The first kappa shape index (κ1) is 16.5. The van der Waals surface area contributed by atoms with E-state index in [0.29, 0.717) is 0 Å². The Kier molecular flexibility index (Phi) is 6.74. The zero-order valence-corrected chi connectivity index (χ0v) is 12.1. The van der Waals surface area contributed by atoms with Gasteiger partial charge in [-0.3, -0.25) is 0 Å². The molecule has 0 aliphatic carbocycles. The summed E-state index contributed by atoms with van der Waals surface area (Å²) in [7, 11) is 1.23. The molecule has 0 aromatic heterocycles. The summed E-state index contributed by atoms with van der Waals surface area (Å²) in [5, 5.41) is 0. The van der Waals surface area contributed by atoms with Crippen molar-refractivity contribution in [3.8, 4) is 0 Å². The van der Waals surface area contributed by atoms with Crippen LogP contribution in [-0.2, 0) is 19.0 Å². The lowest BCUT2D eigenvalue weighted by atomic mass is 10.1. The third-order valence-corrected chi connectivity index (χ3v) is 2.54. The highest BCUT2D eigenvalue weighted by molar-refractivity contribution is 5.89. The molecule has 1 atom stereocenters. The topological polar surface area (TPSA) is 61.8 Å². The molecule has 0 saturated carbocycles. The molecule has 0 heterocycles. The van der Waals surface area contributed by atoms with Crippen LogP contribution >= 0.6 is 0 Å². The molecule has 1 aromatic carbocycles. The molecule has 0 spiro atoms. The first-order valence-electron chi connectivity index (χ1n) is 6.42. The first-order valence-corrected chi connectivity index (χ1v) is 6.42. The molecule has 5 nitrogen and oxygen atoms in total. The first-order chi connectivity index (χ1) is 10.1. The van der Waals surface area contributed by atoms with Gasteiger partial charge in [0.1, 0.15) is 0 Å². The van der Waals surface area contributed by atoms with Crippen molar-refractivity contribution in [3.63, 3.8) is 0 Å². The van der Waals surface area contributed by atoms with E-state index in [1.807, 2.05) is 30.3 Å². The molecule has 0 fully saturated rings. The van der Waals surface area contributed by atoms with Gasteiger partial charge >= 0.3 is 12.1 Å². The molecular formula is C16H18O5. The summed E-state index contributed by atoms with van der Waals surface area (Å²) in [6.45, 7) is 5.43. The van der Waals surface area contributed by atoms with Crippen LogP contribution < -0.4 is 0 Å². The van der Waals surface area contributed by atoms with Crippen LogP contribution in [0.4, 0.5) is 4.79 Å². The minimum absolute atomic E-state index is 0.0118. The zero-order chi connectivity index (χ0) is 15.7. The molecular weight excluding hydrogens is 272 g/mol. The van der Waals surface area contributed by atoms with E-state index < -0.39 is 18.2 Å². The molecule has 0 aliphatic rings. The number of ether oxygens (including phenoxy) is 3. The van der Waals surface area contributed by atoms with Crippen molar-refractivity contribution < 1.29 is 23.8 Å². The van der Waals surface area contributed by atoms with Gasteiger partial charge in [-0.25, -0.2) is 9.59 Å². The normalized spacial score (nSPS) is 11.7. The molecule has 21 heavy (non-hydrogen) atoms. The molecule has 0 saturated heterocycles. The van der Waals surface area contributed by atoms with Crippen LogP contribution in [0.2, 0.25) is 0 Å². The number of carbonyl (C=O) groups is 2. The molecule has 0 amide bonds. The van der Waals surface area contributed by atoms with Gasteiger partial charge in [-0.05, 0) is 18.6 Å². The van der Waals surface area contributed by atoms with E-state index in [-0.39, 0.29) is 12.2 Å². The van der Waals surface area contributed by atoms with Crippen molar-refractivity contribution in [1.29, 1.82) is 0 Å². The smallest absolute Gasteiger partial charge is 0.466 e. The lowest BCUT2D eigenvalue weighted by molar-refractivity contribution is -0.137. The van der Waals surface area contributed by atoms with Crippen LogP contribution in [0.25, 0.3) is 6.08 Å². The Labute approximate surface area is 123 Å². The molecule has 5 heteroatoms. The number of hydrogen-bond donors (Lipinski definition) is 0. The fourth-order valence-corrected chi connectivity index (χ4v) is 1.49. The maximum atomic E-state index is 11.5. The average Bonchev–Trinajstić information content (AvgIpc) is 2.51. The highest BCUT2D eigenvalue weighted by atomic mass is 16.7. The molecule has 0 aliphatic heterocycles. The number of benzene rings is 1. The number of rotatable bonds is 6. The van der Waals surface area contributed by atoms with E-state index in [2.05, 4.69) is 11.3 Å². The number of esters is 1. The molecule has 112 valence electrons. The maximum absolute atomic E-state index is 11.5. The molecule has 1 unspecified atom stereocenters. The fraction of sp³-hybridized carbons (Fsp3) is 0.250. The van der Waals surface area contributed by atoms with Crippen molar-refractivity contribution in [1.82, 2.24) is 0 Å². The summed E-state index contributed by atoms with van der Waals surface area (Å²) < 4.78 is 14.3. The van der Waals surface area contributed by atoms with Crippen LogP contribution in [0.3, 0.4) is 0 Å². The second-order valence-electron chi connectivity index (χ2n) is 4.01. The van der Waals surface area contributed by atoms with Gasteiger partial charge in [0, 0.05) is 0 Å². The second-order valence-corrected chi connectivity index (χ2v) is 4.01. The third-order valence-electron chi connectivity index (χ3n) is 2.54. The number of carbonyl (C=O) groups excluding carboxylic acids is 2. The van der Waals surface area contributed by atoms with Crippen LogP contribution in [0.15, 0.2) is 48.6 Å². The summed E-state index contributed by atoms with van der Waals surface area (Å²) in [6.07, 6.45) is 1.45.